The molecule has 0 fully saturated rings. The molecule has 1 rings (SSSR count). The lowest BCUT2D eigenvalue weighted by molar-refractivity contribution is -0.145. The van der Waals surface area contributed by atoms with Crippen molar-refractivity contribution >= 4 is 17.5 Å². The van der Waals surface area contributed by atoms with Crippen LogP contribution in [0.2, 0.25) is 0 Å². The van der Waals surface area contributed by atoms with Gasteiger partial charge in [0.05, 0.1) is 13.0 Å². The first-order chi connectivity index (χ1) is 8.63. The lowest BCUT2D eigenvalue weighted by atomic mass is 10.0. The Kier molecular flexibility index (Phi) is 5.77. The van der Waals surface area contributed by atoms with Gasteiger partial charge in [-0.1, -0.05) is 37.3 Å². The highest BCUT2D eigenvalue weighted by atomic mass is 16.5. The molecule has 0 N–H and O–H groups in total. The van der Waals surface area contributed by atoms with Crippen LogP contribution in [0.3, 0.4) is 0 Å². The summed E-state index contributed by atoms with van der Waals surface area (Å²) in [6, 6.07) is 8.54. The van der Waals surface area contributed by atoms with Gasteiger partial charge >= 0.3 is 5.97 Å². The van der Waals surface area contributed by atoms with Crippen LogP contribution in [-0.2, 0) is 14.3 Å². The fourth-order valence-electron chi connectivity index (χ4n) is 1.40. The Morgan fingerprint density at radius 2 is 1.72 bits per heavy atom. The number of hydrogen-bond donors (Lipinski definition) is 0. The van der Waals surface area contributed by atoms with Gasteiger partial charge < -0.3 is 4.74 Å². The maximum absolute atomic E-state index is 11.7. The molecule has 0 aliphatic carbocycles. The minimum atomic E-state index is -0.567. The summed E-state index contributed by atoms with van der Waals surface area (Å²) in [5, 5.41) is 0. The van der Waals surface area contributed by atoms with Gasteiger partial charge in [0.25, 0.3) is 0 Å². The molecule has 0 spiro atoms. The number of hydrogen-bond acceptors (Lipinski definition) is 4. The molecule has 18 heavy (non-hydrogen) atoms. The zero-order valence-electron chi connectivity index (χ0n) is 10.3. The Morgan fingerprint density at radius 1 is 1.06 bits per heavy atom. The van der Waals surface area contributed by atoms with Crippen LogP contribution in [0.4, 0.5) is 0 Å². The van der Waals surface area contributed by atoms with Crippen LogP contribution in [0.25, 0.3) is 0 Å². The van der Waals surface area contributed by atoms with Crippen LogP contribution in [0.5, 0.6) is 0 Å². The molecular formula is C14H16O4. The summed E-state index contributed by atoms with van der Waals surface area (Å²) in [5.74, 6) is -1.25. The quantitative estimate of drug-likeness (QED) is 0.421. The number of ether oxygens (including phenoxy) is 1. The van der Waals surface area contributed by atoms with Crippen molar-refractivity contribution < 1.29 is 19.1 Å². The van der Waals surface area contributed by atoms with E-state index in [4.69, 9.17) is 4.74 Å². The van der Waals surface area contributed by atoms with Crippen LogP contribution in [0.1, 0.15) is 36.5 Å². The van der Waals surface area contributed by atoms with Crippen LogP contribution in [0, 0.1) is 0 Å². The number of esters is 1. The third-order valence-electron chi connectivity index (χ3n) is 2.26. The minimum absolute atomic E-state index is 0.259. The molecule has 0 radical (unpaired) electrons. The summed E-state index contributed by atoms with van der Waals surface area (Å²) in [7, 11) is 0. The Hall–Kier alpha value is -1.97. The maximum atomic E-state index is 11.7. The highest BCUT2D eigenvalue weighted by molar-refractivity contribution is 6.11. The van der Waals surface area contributed by atoms with E-state index in [-0.39, 0.29) is 18.6 Å². The summed E-state index contributed by atoms with van der Waals surface area (Å²) < 4.78 is 4.78. The SMILES string of the molecule is CCCOC(=O)CC(=O)CC(=O)c1ccccc1. The van der Waals surface area contributed by atoms with Gasteiger partial charge in [-0.2, -0.15) is 0 Å². The fraction of sp³-hybridized carbons (Fsp3) is 0.357. The molecule has 4 nitrogen and oxygen atoms in total. The Labute approximate surface area is 106 Å². The van der Waals surface area contributed by atoms with E-state index in [1.807, 2.05) is 6.92 Å². The van der Waals surface area contributed by atoms with E-state index in [1.165, 1.54) is 0 Å². The number of Topliss-reactive ketones (excluding diaryl/α,β-unsaturated/α-hetero) is 2. The summed E-state index contributed by atoms with van der Waals surface area (Å²) >= 11 is 0. The van der Waals surface area contributed by atoms with Gasteiger partial charge in [0.15, 0.2) is 11.6 Å². The van der Waals surface area contributed by atoms with Gasteiger partial charge in [0.1, 0.15) is 6.42 Å². The zero-order chi connectivity index (χ0) is 13.4. The molecule has 0 bridgehead atoms. The second-order valence-corrected chi connectivity index (χ2v) is 3.90. The largest absolute Gasteiger partial charge is 0.465 e. The molecule has 96 valence electrons. The molecule has 1 aromatic carbocycles. The molecular weight excluding hydrogens is 232 g/mol. The molecule has 0 saturated carbocycles. The van der Waals surface area contributed by atoms with E-state index in [9.17, 15) is 14.4 Å². The lowest BCUT2D eigenvalue weighted by Crippen LogP contribution is -2.15. The number of carbonyl (C=O) groups excluding carboxylic acids is 3. The molecule has 0 aliphatic rings. The number of ketones is 2. The summed E-state index contributed by atoms with van der Waals surface area (Å²) in [4.78, 5) is 34.3. The molecule has 0 amide bonds. The highest BCUT2D eigenvalue weighted by Crippen LogP contribution is 2.05. The van der Waals surface area contributed by atoms with Crippen LogP contribution in [-0.4, -0.2) is 24.1 Å². The molecule has 0 atom stereocenters. The second-order valence-electron chi connectivity index (χ2n) is 3.90. The average Bonchev–Trinajstić information content (AvgIpc) is 2.37. The van der Waals surface area contributed by atoms with Crippen molar-refractivity contribution in [2.45, 2.75) is 26.2 Å². The third-order valence-corrected chi connectivity index (χ3v) is 2.26. The van der Waals surface area contributed by atoms with Crippen molar-refractivity contribution in [1.29, 1.82) is 0 Å². The first-order valence-corrected chi connectivity index (χ1v) is 5.89. The van der Waals surface area contributed by atoms with Crippen molar-refractivity contribution in [3.63, 3.8) is 0 Å². The van der Waals surface area contributed by atoms with Crippen molar-refractivity contribution in [3.05, 3.63) is 35.9 Å². The van der Waals surface area contributed by atoms with Gasteiger partial charge in [0, 0.05) is 5.56 Å². The molecule has 1 aromatic rings. The Morgan fingerprint density at radius 3 is 2.33 bits per heavy atom. The maximum Gasteiger partial charge on any atom is 0.313 e. The van der Waals surface area contributed by atoms with Gasteiger partial charge in [-0.25, -0.2) is 0 Å². The highest BCUT2D eigenvalue weighted by Gasteiger charge is 2.15. The summed E-state index contributed by atoms with van der Waals surface area (Å²) in [6.07, 6.45) is 0.118. The fourth-order valence-corrected chi connectivity index (χ4v) is 1.40. The molecule has 0 saturated heterocycles. The normalized spacial score (nSPS) is 9.83. The number of benzene rings is 1. The molecule has 0 unspecified atom stereocenters. The lowest BCUT2D eigenvalue weighted by Gasteiger charge is -2.02. The zero-order valence-corrected chi connectivity index (χ0v) is 10.3. The van der Waals surface area contributed by atoms with Crippen LogP contribution >= 0.6 is 0 Å². The summed E-state index contributed by atoms with van der Waals surface area (Å²) in [6.45, 7) is 2.17. The van der Waals surface area contributed by atoms with Crippen LogP contribution < -0.4 is 0 Å². The average molecular weight is 248 g/mol. The van der Waals surface area contributed by atoms with Crippen LogP contribution in [0.15, 0.2) is 30.3 Å². The van der Waals surface area contributed by atoms with Crippen molar-refractivity contribution in [2.75, 3.05) is 6.61 Å². The Balaban J connectivity index is 2.41. The van der Waals surface area contributed by atoms with Gasteiger partial charge in [-0.05, 0) is 6.42 Å². The van der Waals surface area contributed by atoms with E-state index < -0.39 is 11.8 Å². The first-order valence-electron chi connectivity index (χ1n) is 5.89. The smallest absolute Gasteiger partial charge is 0.313 e. The minimum Gasteiger partial charge on any atom is -0.465 e. The number of carbonyl (C=O) groups is 3. The van der Waals surface area contributed by atoms with Crippen molar-refractivity contribution in [3.8, 4) is 0 Å². The van der Waals surface area contributed by atoms with Gasteiger partial charge in [-0.3, -0.25) is 14.4 Å². The van der Waals surface area contributed by atoms with E-state index in [1.54, 1.807) is 30.3 Å². The second kappa shape index (κ2) is 7.37. The van der Waals surface area contributed by atoms with Crippen molar-refractivity contribution in [1.82, 2.24) is 0 Å². The summed E-state index contributed by atoms with van der Waals surface area (Å²) in [5.41, 5.74) is 0.479. The first kappa shape index (κ1) is 14.1. The predicted molar refractivity (Wildman–Crippen MR) is 66.3 cm³/mol. The van der Waals surface area contributed by atoms with Crippen molar-refractivity contribution in [2.24, 2.45) is 0 Å². The monoisotopic (exact) mass is 248 g/mol. The van der Waals surface area contributed by atoms with E-state index >= 15 is 0 Å². The van der Waals surface area contributed by atoms with E-state index in [0.717, 1.165) is 0 Å². The van der Waals surface area contributed by atoms with Gasteiger partial charge in [0.2, 0.25) is 0 Å². The number of rotatable bonds is 7. The molecule has 0 heterocycles. The Bertz CT molecular complexity index is 423. The van der Waals surface area contributed by atoms with E-state index in [0.29, 0.717) is 18.6 Å². The molecule has 0 aliphatic heterocycles. The predicted octanol–water partition coefficient (Wildman–Crippen LogP) is 2.17. The molecule has 0 aromatic heterocycles. The third kappa shape index (κ3) is 4.91. The topological polar surface area (TPSA) is 60.4 Å². The standard InChI is InChI=1S/C14H16O4/c1-2-8-18-14(17)10-12(15)9-13(16)11-6-4-3-5-7-11/h3-7H,2,8-10H2,1H3. The van der Waals surface area contributed by atoms with E-state index in [2.05, 4.69) is 0 Å². The molecule has 4 heteroatoms. The van der Waals surface area contributed by atoms with Gasteiger partial charge in [-0.15, -0.1) is 0 Å².